The standard InChI is InChI=1S/C9H6N2O4.ClH/c12-7-5-2-1-4(9(14)15)3-6(5)8(13)11-10-7;/h1-3H,(H,10,12)(H,11,13)(H,14,15);1H/p-1. The van der Waals surface area contributed by atoms with Gasteiger partial charge in [-0.25, -0.2) is 4.79 Å². The van der Waals surface area contributed by atoms with Crippen LogP contribution in [0.15, 0.2) is 27.8 Å². The molecule has 16 heavy (non-hydrogen) atoms. The largest absolute Gasteiger partial charge is 1.00 e. The maximum atomic E-state index is 11.3. The molecule has 0 saturated carbocycles. The average molecular weight is 242 g/mol. The molecule has 0 bridgehead atoms. The summed E-state index contributed by atoms with van der Waals surface area (Å²) in [7, 11) is 0. The van der Waals surface area contributed by atoms with Crippen LogP contribution in [0.2, 0.25) is 0 Å². The zero-order valence-corrected chi connectivity index (χ0v) is 8.54. The molecule has 84 valence electrons. The molecule has 2 rings (SSSR count). The van der Waals surface area contributed by atoms with Crippen LogP contribution < -0.4 is 23.5 Å². The molecular weight excluding hydrogens is 236 g/mol. The Morgan fingerprint density at radius 2 is 1.62 bits per heavy atom. The fraction of sp³-hybridized carbons (Fsp3) is 0. The van der Waals surface area contributed by atoms with Crippen molar-refractivity contribution in [1.82, 2.24) is 10.2 Å². The molecule has 0 atom stereocenters. The first kappa shape index (κ1) is 12.0. The third kappa shape index (κ3) is 1.82. The van der Waals surface area contributed by atoms with E-state index in [1.807, 2.05) is 0 Å². The molecular formula is C9H6ClN2O4-. The van der Waals surface area contributed by atoms with Crippen LogP contribution in [0.1, 0.15) is 10.4 Å². The number of carboxylic acids is 1. The lowest BCUT2D eigenvalue weighted by Crippen LogP contribution is -3.00. The first-order valence-corrected chi connectivity index (χ1v) is 4.07. The van der Waals surface area contributed by atoms with Gasteiger partial charge in [0.2, 0.25) is 0 Å². The van der Waals surface area contributed by atoms with E-state index < -0.39 is 17.1 Å². The summed E-state index contributed by atoms with van der Waals surface area (Å²) < 4.78 is 0. The second-order valence-electron chi connectivity index (χ2n) is 2.97. The maximum Gasteiger partial charge on any atom is 0.335 e. The Morgan fingerprint density at radius 3 is 2.19 bits per heavy atom. The number of benzene rings is 1. The Kier molecular flexibility index (Phi) is 3.14. The normalized spacial score (nSPS) is 9.75. The van der Waals surface area contributed by atoms with Crippen LogP contribution in [0.3, 0.4) is 0 Å². The van der Waals surface area contributed by atoms with Crippen LogP contribution in [0, 0.1) is 0 Å². The highest BCUT2D eigenvalue weighted by atomic mass is 35.5. The van der Waals surface area contributed by atoms with Crippen molar-refractivity contribution in [2.24, 2.45) is 0 Å². The number of aromatic amines is 2. The van der Waals surface area contributed by atoms with E-state index in [4.69, 9.17) is 5.11 Å². The lowest BCUT2D eigenvalue weighted by molar-refractivity contribution is -0.0000187. The van der Waals surface area contributed by atoms with E-state index in [0.29, 0.717) is 0 Å². The number of halogens is 1. The molecule has 0 aliphatic rings. The van der Waals surface area contributed by atoms with Crippen LogP contribution in [0.4, 0.5) is 0 Å². The van der Waals surface area contributed by atoms with Gasteiger partial charge in [0.15, 0.2) is 0 Å². The Bertz CT molecular complexity index is 658. The molecule has 0 aliphatic heterocycles. The maximum absolute atomic E-state index is 11.3. The van der Waals surface area contributed by atoms with Gasteiger partial charge in [-0.15, -0.1) is 0 Å². The number of H-pyrrole nitrogens is 2. The molecule has 0 spiro atoms. The minimum absolute atomic E-state index is 0. The van der Waals surface area contributed by atoms with Gasteiger partial charge < -0.3 is 17.5 Å². The fourth-order valence-corrected chi connectivity index (χ4v) is 1.31. The summed E-state index contributed by atoms with van der Waals surface area (Å²) in [4.78, 5) is 33.2. The number of aromatic nitrogens is 2. The summed E-state index contributed by atoms with van der Waals surface area (Å²) in [5, 5.41) is 13.2. The lowest BCUT2D eigenvalue weighted by atomic mass is 10.1. The molecule has 6 nitrogen and oxygen atoms in total. The third-order valence-electron chi connectivity index (χ3n) is 2.05. The van der Waals surface area contributed by atoms with Crippen molar-refractivity contribution in [1.29, 1.82) is 0 Å². The van der Waals surface area contributed by atoms with Crippen LogP contribution >= 0.6 is 0 Å². The van der Waals surface area contributed by atoms with Gasteiger partial charge in [0.1, 0.15) is 0 Å². The molecule has 1 aromatic heterocycles. The molecule has 0 aliphatic carbocycles. The number of rotatable bonds is 1. The van der Waals surface area contributed by atoms with Crippen LogP contribution in [0.5, 0.6) is 0 Å². The predicted octanol–water partition coefficient (Wildman–Crippen LogP) is -3.08. The van der Waals surface area contributed by atoms with Gasteiger partial charge in [-0.2, -0.15) is 0 Å². The minimum Gasteiger partial charge on any atom is -1.00 e. The van der Waals surface area contributed by atoms with Crippen molar-refractivity contribution in [3.8, 4) is 0 Å². The van der Waals surface area contributed by atoms with Crippen molar-refractivity contribution in [3.05, 3.63) is 44.5 Å². The minimum atomic E-state index is -1.14. The van der Waals surface area contributed by atoms with Gasteiger partial charge in [-0.3, -0.25) is 19.8 Å². The van der Waals surface area contributed by atoms with Crippen LogP contribution in [-0.4, -0.2) is 21.3 Å². The van der Waals surface area contributed by atoms with E-state index in [1.165, 1.54) is 18.2 Å². The summed E-state index contributed by atoms with van der Waals surface area (Å²) >= 11 is 0. The van der Waals surface area contributed by atoms with Crippen molar-refractivity contribution in [3.63, 3.8) is 0 Å². The van der Waals surface area contributed by atoms with Crippen molar-refractivity contribution in [2.75, 3.05) is 0 Å². The number of hydrogen-bond donors (Lipinski definition) is 3. The van der Waals surface area contributed by atoms with E-state index in [-0.39, 0.29) is 28.7 Å². The number of fused-ring (bicyclic) bond motifs is 1. The summed E-state index contributed by atoms with van der Waals surface area (Å²) in [6, 6.07) is 3.76. The molecule has 2 aromatic rings. The highest BCUT2D eigenvalue weighted by Crippen LogP contribution is 2.07. The second-order valence-corrected chi connectivity index (χ2v) is 2.97. The van der Waals surface area contributed by atoms with Gasteiger partial charge in [-0.1, -0.05) is 0 Å². The zero-order chi connectivity index (χ0) is 11.0. The third-order valence-corrected chi connectivity index (χ3v) is 2.05. The molecule has 0 fully saturated rings. The Labute approximate surface area is 94.3 Å². The van der Waals surface area contributed by atoms with Gasteiger partial charge in [-0.05, 0) is 18.2 Å². The van der Waals surface area contributed by atoms with E-state index in [2.05, 4.69) is 10.2 Å². The molecule has 0 saturated heterocycles. The highest BCUT2D eigenvalue weighted by Gasteiger charge is 2.07. The molecule has 1 heterocycles. The van der Waals surface area contributed by atoms with Gasteiger partial charge in [0.05, 0.1) is 16.3 Å². The van der Waals surface area contributed by atoms with Crippen LogP contribution in [-0.2, 0) is 0 Å². The number of carboxylic acid groups (broad SMARTS) is 1. The van der Waals surface area contributed by atoms with Crippen molar-refractivity contribution in [2.45, 2.75) is 0 Å². The number of nitrogens with one attached hydrogen (secondary N) is 2. The first-order chi connectivity index (χ1) is 7.09. The summed E-state index contributed by atoms with van der Waals surface area (Å²) in [6.07, 6.45) is 0. The Morgan fingerprint density at radius 1 is 1.06 bits per heavy atom. The molecule has 0 radical (unpaired) electrons. The number of aromatic carboxylic acids is 1. The Balaban J connectivity index is 0.00000128. The second kappa shape index (κ2) is 4.19. The highest BCUT2D eigenvalue weighted by molar-refractivity contribution is 5.93. The van der Waals surface area contributed by atoms with E-state index in [1.54, 1.807) is 0 Å². The smallest absolute Gasteiger partial charge is 0.335 e. The van der Waals surface area contributed by atoms with Gasteiger partial charge in [0.25, 0.3) is 11.1 Å². The Hall–Kier alpha value is -2.08. The summed E-state index contributed by atoms with van der Waals surface area (Å²) in [5.74, 6) is -1.14. The van der Waals surface area contributed by atoms with E-state index in [0.717, 1.165) is 0 Å². The molecule has 3 N–H and O–H groups in total. The molecule has 1 aromatic carbocycles. The fourth-order valence-electron chi connectivity index (χ4n) is 1.31. The molecule has 0 amide bonds. The van der Waals surface area contributed by atoms with E-state index >= 15 is 0 Å². The van der Waals surface area contributed by atoms with Crippen molar-refractivity contribution >= 4 is 16.7 Å². The number of carbonyl (C=O) groups is 1. The van der Waals surface area contributed by atoms with E-state index in [9.17, 15) is 14.4 Å². The number of hydrogen-bond acceptors (Lipinski definition) is 3. The lowest BCUT2D eigenvalue weighted by Gasteiger charge is -1.97. The quantitative estimate of drug-likeness (QED) is 0.493. The topological polar surface area (TPSA) is 103 Å². The van der Waals surface area contributed by atoms with Crippen molar-refractivity contribution < 1.29 is 22.3 Å². The molecule has 7 heteroatoms. The van der Waals surface area contributed by atoms with Gasteiger partial charge in [0, 0.05) is 0 Å². The monoisotopic (exact) mass is 241 g/mol. The SMILES string of the molecule is O=C(O)c1ccc2c(=O)[nH][nH]c(=O)c2c1.[Cl-]. The predicted molar refractivity (Wildman–Crippen MR) is 52.1 cm³/mol. The first-order valence-electron chi connectivity index (χ1n) is 4.07. The van der Waals surface area contributed by atoms with Crippen LogP contribution in [0.25, 0.3) is 10.8 Å². The summed E-state index contributed by atoms with van der Waals surface area (Å²) in [6.45, 7) is 0. The van der Waals surface area contributed by atoms with Gasteiger partial charge >= 0.3 is 5.97 Å². The average Bonchev–Trinajstić information content (AvgIpc) is 2.23. The summed E-state index contributed by atoms with van der Waals surface area (Å²) in [5.41, 5.74) is -1.01. The zero-order valence-electron chi connectivity index (χ0n) is 7.78. The molecule has 0 unspecified atom stereocenters.